The number of nitrogens with one attached hydrogen (secondary N) is 2. The molecule has 3 heterocycles. The predicted octanol–water partition coefficient (Wildman–Crippen LogP) is 5.68. The van der Waals surface area contributed by atoms with Crippen LogP contribution < -0.4 is 20.1 Å². The monoisotopic (exact) mass is 628 g/mol. The van der Waals surface area contributed by atoms with Gasteiger partial charge in [-0.25, -0.2) is 13.8 Å². The highest BCUT2D eigenvalue weighted by Crippen LogP contribution is 2.38. The Bertz CT molecular complexity index is 1540. The highest BCUT2D eigenvalue weighted by atomic mass is 35.5. The van der Waals surface area contributed by atoms with Crippen molar-refractivity contribution in [1.29, 1.82) is 0 Å². The third kappa shape index (κ3) is 6.43. The van der Waals surface area contributed by atoms with E-state index in [1.165, 1.54) is 0 Å². The van der Waals surface area contributed by atoms with Crippen molar-refractivity contribution in [3.63, 3.8) is 0 Å². The molecular formula is C32H35ClF2N4O3S. The zero-order valence-corrected chi connectivity index (χ0v) is 25.8. The summed E-state index contributed by atoms with van der Waals surface area (Å²) >= 11 is 7.45. The molecule has 7 nitrogen and oxygen atoms in total. The fraction of sp³-hybridized carbons (Fsp3) is 0.438. The van der Waals surface area contributed by atoms with Crippen LogP contribution in [0.15, 0.2) is 42.1 Å². The van der Waals surface area contributed by atoms with Crippen LogP contribution in [0, 0.1) is 18.6 Å². The van der Waals surface area contributed by atoms with E-state index in [1.54, 1.807) is 18.4 Å². The van der Waals surface area contributed by atoms with Crippen molar-refractivity contribution < 1.29 is 23.0 Å². The highest BCUT2D eigenvalue weighted by molar-refractivity contribution is 7.12. The van der Waals surface area contributed by atoms with Gasteiger partial charge in [-0.15, -0.1) is 11.3 Å². The lowest BCUT2D eigenvalue weighted by atomic mass is 9.86. The number of rotatable bonds is 11. The molecule has 2 aromatic carbocycles. The van der Waals surface area contributed by atoms with Gasteiger partial charge < -0.3 is 25.0 Å². The van der Waals surface area contributed by atoms with E-state index in [2.05, 4.69) is 21.7 Å². The average Bonchev–Trinajstić information content (AvgIpc) is 3.74. The first-order chi connectivity index (χ1) is 20.8. The van der Waals surface area contributed by atoms with Crippen molar-refractivity contribution in [2.75, 3.05) is 26.8 Å². The van der Waals surface area contributed by atoms with Crippen LogP contribution in [0.4, 0.5) is 8.78 Å². The molecule has 2 fully saturated rings. The van der Waals surface area contributed by atoms with Gasteiger partial charge in [-0.05, 0) is 67.5 Å². The van der Waals surface area contributed by atoms with Crippen molar-refractivity contribution in [1.82, 2.24) is 20.5 Å². The Morgan fingerprint density at radius 3 is 2.79 bits per heavy atom. The van der Waals surface area contributed by atoms with Crippen LogP contribution in [-0.4, -0.2) is 60.7 Å². The van der Waals surface area contributed by atoms with Gasteiger partial charge in [-0.2, -0.15) is 0 Å². The molecule has 0 radical (unpaired) electrons. The molecule has 3 aliphatic rings. The second-order valence-electron chi connectivity index (χ2n) is 11.3. The van der Waals surface area contributed by atoms with Crippen molar-refractivity contribution >= 4 is 34.4 Å². The number of hydrogen-bond donors (Lipinski definition) is 2. The Labute approximate surface area is 259 Å². The molecule has 2 bridgehead atoms. The topological polar surface area (TPSA) is 75.7 Å². The standard InChI is InChI=1S/C32H35ClF2N4O3S/c1-18-19(5-3-6-26(18)41-2)17-39(21-8-9-21)32(40)29-22(13-20-14-36-15-25(29)38-20)27-16-37-28(43-27)7-4-12-42-31-24(35)11-10-23(34)30(31)33/h3,5-6,10-11,16,20-21,25,36,38H,4,7-9,12-15,17H2,1-2H3. The molecule has 11 heteroatoms. The minimum atomic E-state index is -0.720. The average molecular weight is 629 g/mol. The molecule has 1 saturated carbocycles. The van der Waals surface area contributed by atoms with Crippen LogP contribution in [0.3, 0.4) is 0 Å². The number of ether oxygens (including phenoxy) is 2. The minimum Gasteiger partial charge on any atom is -0.496 e. The number of aromatic nitrogens is 1. The first-order valence-electron chi connectivity index (χ1n) is 14.7. The number of halogens is 3. The molecule has 2 aliphatic heterocycles. The first-order valence-corrected chi connectivity index (χ1v) is 15.9. The number of thiazole rings is 1. The van der Waals surface area contributed by atoms with Gasteiger partial charge in [0.1, 0.15) is 16.6 Å². The van der Waals surface area contributed by atoms with Gasteiger partial charge in [0.05, 0.1) is 29.6 Å². The zero-order valence-electron chi connectivity index (χ0n) is 24.2. The number of carbonyl (C=O) groups excluding carboxylic acids is 1. The van der Waals surface area contributed by atoms with Crippen LogP contribution >= 0.6 is 22.9 Å². The number of hydrogen-bond acceptors (Lipinski definition) is 7. The van der Waals surface area contributed by atoms with Crippen LogP contribution in [0.5, 0.6) is 11.5 Å². The van der Waals surface area contributed by atoms with Crippen LogP contribution in [0.2, 0.25) is 5.02 Å². The van der Waals surface area contributed by atoms with E-state index in [1.807, 2.05) is 30.2 Å². The number of aryl methyl sites for hydroxylation is 1. The number of amides is 1. The summed E-state index contributed by atoms with van der Waals surface area (Å²) < 4.78 is 38.8. The van der Waals surface area contributed by atoms with Gasteiger partial charge in [-0.3, -0.25) is 4.79 Å². The van der Waals surface area contributed by atoms with E-state index in [9.17, 15) is 13.6 Å². The number of benzene rings is 2. The van der Waals surface area contributed by atoms with Crippen LogP contribution in [-0.2, 0) is 17.8 Å². The Kier molecular flexibility index (Phi) is 9.00. The number of piperazine rings is 1. The summed E-state index contributed by atoms with van der Waals surface area (Å²) in [6.45, 7) is 4.29. The van der Waals surface area contributed by atoms with Gasteiger partial charge in [0.25, 0.3) is 5.91 Å². The van der Waals surface area contributed by atoms with E-state index in [4.69, 9.17) is 21.1 Å². The number of methoxy groups -OCH3 is 1. The Morgan fingerprint density at radius 1 is 1.19 bits per heavy atom. The zero-order chi connectivity index (χ0) is 30.1. The summed E-state index contributed by atoms with van der Waals surface area (Å²) in [7, 11) is 1.67. The lowest BCUT2D eigenvalue weighted by Crippen LogP contribution is -2.59. The quantitative estimate of drug-likeness (QED) is 0.210. The predicted molar refractivity (Wildman–Crippen MR) is 164 cm³/mol. The molecule has 43 heavy (non-hydrogen) atoms. The molecule has 1 saturated heterocycles. The SMILES string of the molecule is COc1cccc(CN(C(=O)C2=C(c3cnc(CCCOc4c(F)ccc(F)c4Cl)s3)CC3CNCC2N3)C2CC2)c1C. The second kappa shape index (κ2) is 12.9. The smallest absolute Gasteiger partial charge is 0.252 e. The second-order valence-corrected chi connectivity index (χ2v) is 12.8. The number of fused-ring (bicyclic) bond motifs is 2. The fourth-order valence-electron chi connectivity index (χ4n) is 5.95. The van der Waals surface area contributed by atoms with Gasteiger partial charge >= 0.3 is 0 Å². The normalized spacial score (nSPS) is 19.8. The number of nitrogens with zero attached hydrogens (tertiary/aromatic N) is 2. The molecular weight excluding hydrogens is 594 g/mol. The lowest BCUT2D eigenvalue weighted by molar-refractivity contribution is -0.128. The molecule has 2 atom stereocenters. The lowest BCUT2D eigenvalue weighted by Gasteiger charge is -2.40. The van der Waals surface area contributed by atoms with Gasteiger partial charge in [0.2, 0.25) is 0 Å². The molecule has 0 spiro atoms. The maximum atomic E-state index is 14.4. The van der Waals surface area contributed by atoms with E-state index in [0.29, 0.717) is 25.9 Å². The summed E-state index contributed by atoms with van der Waals surface area (Å²) in [5.74, 6) is -0.779. The summed E-state index contributed by atoms with van der Waals surface area (Å²) in [4.78, 5) is 22.1. The third-order valence-electron chi connectivity index (χ3n) is 8.37. The Balaban J connectivity index is 1.21. The maximum absolute atomic E-state index is 14.4. The Morgan fingerprint density at radius 2 is 2.00 bits per heavy atom. The molecule has 6 rings (SSSR count). The molecule has 3 aromatic rings. The van der Waals surface area contributed by atoms with Gasteiger partial charge in [-0.1, -0.05) is 23.7 Å². The van der Waals surface area contributed by atoms with Crippen molar-refractivity contribution in [2.45, 2.75) is 63.7 Å². The van der Waals surface area contributed by atoms with E-state index in [0.717, 1.165) is 75.8 Å². The number of carbonyl (C=O) groups is 1. The largest absolute Gasteiger partial charge is 0.496 e. The van der Waals surface area contributed by atoms with Crippen molar-refractivity contribution in [3.8, 4) is 11.5 Å². The molecule has 2 unspecified atom stereocenters. The molecule has 2 N–H and O–H groups in total. The Hall–Kier alpha value is -3.05. The van der Waals surface area contributed by atoms with Crippen molar-refractivity contribution in [3.05, 3.63) is 79.8 Å². The summed E-state index contributed by atoms with van der Waals surface area (Å²) in [6.07, 6.45) is 5.78. The van der Waals surface area contributed by atoms with Gasteiger partial charge in [0, 0.05) is 49.9 Å². The third-order valence-corrected chi connectivity index (χ3v) is 9.84. The van der Waals surface area contributed by atoms with E-state index < -0.39 is 11.6 Å². The van der Waals surface area contributed by atoms with Crippen LogP contribution in [0.25, 0.3) is 5.57 Å². The minimum absolute atomic E-state index is 0.0764. The molecule has 1 aliphatic carbocycles. The van der Waals surface area contributed by atoms with Crippen LogP contribution in [0.1, 0.15) is 46.7 Å². The molecule has 1 amide bonds. The first kappa shape index (κ1) is 30.0. The summed E-state index contributed by atoms with van der Waals surface area (Å²) in [5.41, 5.74) is 4.04. The molecule has 1 aromatic heterocycles. The van der Waals surface area contributed by atoms with Crippen molar-refractivity contribution in [2.24, 2.45) is 0 Å². The van der Waals surface area contributed by atoms with E-state index >= 15 is 0 Å². The summed E-state index contributed by atoms with van der Waals surface area (Å²) in [6, 6.07) is 8.37. The van der Waals surface area contributed by atoms with E-state index in [-0.39, 0.29) is 41.4 Å². The fourth-order valence-corrected chi connectivity index (χ4v) is 7.18. The summed E-state index contributed by atoms with van der Waals surface area (Å²) in [5, 5.41) is 7.72. The van der Waals surface area contributed by atoms with Gasteiger partial charge in [0.15, 0.2) is 11.6 Å². The highest BCUT2D eigenvalue weighted by Gasteiger charge is 2.41. The maximum Gasteiger partial charge on any atom is 0.252 e. The molecule has 228 valence electrons.